The summed E-state index contributed by atoms with van der Waals surface area (Å²) < 4.78 is 22.5. The molecule has 3 rings (SSSR count). The number of aromatic nitrogens is 2. The molecule has 0 unspecified atom stereocenters. The minimum atomic E-state index is -0.433. The third-order valence-corrected chi connectivity index (χ3v) is 3.64. The number of rotatable bonds is 4. The largest absolute Gasteiger partial charge is 0.375 e. The Morgan fingerprint density at radius 2 is 2.17 bits per heavy atom. The fourth-order valence-corrected chi connectivity index (χ4v) is 2.45. The molecule has 1 aliphatic heterocycles. The van der Waals surface area contributed by atoms with Crippen LogP contribution < -0.4 is 5.73 Å². The van der Waals surface area contributed by atoms with Gasteiger partial charge in [-0.3, -0.25) is 9.69 Å². The van der Waals surface area contributed by atoms with Gasteiger partial charge in [0.15, 0.2) is 0 Å². The number of benzene rings is 1. The Labute approximate surface area is 139 Å². The third kappa shape index (κ3) is 4.84. The van der Waals surface area contributed by atoms with Crippen LogP contribution in [0.2, 0.25) is 0 Å². The zero-order chi connectivity index (χ0) is 17.5. The molecule has 24 heavy (non-hydrogen) atoms. The van der Waals surface area contributed by atoms with E-state index in [1.807, 2.05) is 0 Å². The molecule has 1 fully saturated rings. The summed E-state index contributed by atoms with van der Waals surface area (Å²) in [6, 6.07) is 6.32. The molecule has 1 atom stereocenters. The highest BCUT2D eigenvalue weighted by atomic mass is 19.1. The minimum absolute atomic E-state index is 0.0139. The summed E-state index contributed by atoms with van der Waals surface area (Å²) in [5, 5.41) is 3.96. The Hall–Kier alpha value is -2.32. The molecule has 2 heterocycles. The molecule has 0 bridgehead atoms. The maximum Gasteiger partial charge on any atom is 0.244 e. The summed E-state index contributed by atoms with van der Waals surface area (Å²) >= 11 is 0. The van der Waals surface area contributed by atoms with Crippen molar-refractivity contribution in [2.24, 2.45) is 5.73 Å². The van der Waals surface area contributed by atoms with Crippen LogP contribution in [0.15, 0.2) is 28.8 Å². The highest BCUT2D eigenvalue weighted by molar-refractivity contribution is 5.74. The number of amides is 1. The topological polar surface area (TPSA) is 94.5 Å². The van der Waals surface area contributed by atoms with Crippen molar-refractivity contribution >= 4 is 5.91 Å². The minimum Gasteiger partial charge on any atom is -0.375 e. The Balaban J connectivity index is 0.000000301. The maximum absolute atomic E-state index is 12.8. The molecule has 7 nitrogen and oxygen atoms in total. The van der Waals surface area contributed by atoms with Gasteiger partial charge in [-0.05, 0) is 50.7 Å². The lowest BCUT2D eigenvalue weighted by molar-refractivity contribution is -0.121. The zero-order valence-corrected chi connectivity index (χ0v) is 13.7. The average Bonchev–Trinajstić information content (AvgIpc) is 3.17. The van der Waals surface area contributed by atoms with E-state index in [1.54, 1.807) is 12.1 Å². The first-order chi connectivity index (χ1) is 11.5. The van der Waals surface area contributed by atoms with Crippen molar-refractivity contribution in [2.45, 2.75) is 18.9 Å². The van der Waals surface area contributed by atoms with Crippen LogP contribution in [0.1, 0.15) is 24.8 Å². The second-order valence-electron chi connectivity index (χ2n) is 5.50. The Bertz CT molecular complexity index is 660. The van der Waals surface area contributed by atoms with Crippen molar-refractivity contribution in [2.75, 3.05) is 27.3 Å². The predicted octanol–water partition coefficient (Wildman–Crippen LogP) is 1.76. The molecule has 2 aromatic rings. The fraction of sp³-hybridized carbons (Fsp3) is 0.438. The highest BCUT2D eigenvalue weighted by Crippen LogP contribution is 2.30. The van der Waals surface area contributed by atoms with Crippen molar-refractivity contribution in [1.29, 1.82) is 0 Å². The molecule has 1 aromatic heterocycles. The molecule has 1 saturated heterocycles. The van der Waals surface area contributed by atoms with Gasteiger partial charge < -0.3 is 15.0 Å². The van der Waals surface area contributed by atoms with Gasteiger partial charge in [-0.25, -0.2) is 4.39 Å². The van der Waals surface area contributed by atoms with E-state index in [0.29, 0.717) is 11.7 Å². The van der Waals surface area contributed by atoms with Gasteiger partial charge in [0, 0.05) is 12.7 Å². The number of nitrogens with two attached hydrogens (primary N) is 1. The summed E-state index contributed by atoms with van der Waals surface area (Å²) in [5.74, 6) is 0.468. The molecule has 1 amide bonds. The monoisotopic (exact) mass is 336 g/mol. The van der Waals surface area contributed by atoms with Crippen LogP contribution in [-0.2, 0) is 9.53 Å². The fourth-order valence-electron chi connectivity index (χ4n) is 2.45. The third-order valence-electron chi connectivity index (χ3n) is 3.64. The molecule has 0 saturated carbocycles. The standard InChI is InChI=1S/C13H14FN3O.C3H7NO2/c1-17-8-2-3-11(17)13-15-12(16-18-13)9-4-6-10(14)7-5-9;1-6-2-3(4)5/h4-7,11H,2-3,8H2,1H3;2H2,1H3,(H2,4,5)/t11-;/m0./s1. The van der Waals surface area contributed by atoms with Crippen molar-refractivity contribution in [1.82, 2.24) is 15.0 Å². The van der Waals surface area contributed by atoms with E-state index in [4.69, 9.17) is 4.52 Å². The number of halogens is 1. The number of ether oxygens (including phenoxy) is 1. The molecule has 0 spiro atoms. The van der Waals surface area contributed by atoms with E-state index in [2.05, 4.69) is 32.6 Å². The van der Waals surface area contributed by atoms with E-state index in [1.165, 1.54) is 19.2 Å². The molecule has 2 N–H and O–H groups in total. The van der Waals surface area contributed by atoms with Crippen LogP contribution in [0.3, 0.4) is 0 Å². The number of likely N-dealkylation sites (tertiary alicyclic amines) is 1. The van der Waals surface area contributed by atoms with Gasteiger partial charge in [0.05, 0.1) is 6.04 Å². The Morgan fingerprint density at radius 3 is 2.67 bits per heavy atom. The second-order valence-corrected chi connectivity index (χ2v) is 5.50. The van der Waals surface area contributed by atoms with Crippen molar-refractivity contribution in [3.05, 3.63) is 36.0 Å². The zero-order valence-electron chi connectivity index (χ0n) is 13.7. The quantitative estimate of drug-likeness (QED) is 0.914. The normalized spacial score (nSPS) is 17.4. The van der Waals surface area contributed by atoms with E-state index in [9.17, 15) is 9.18 Å². The summed E-state index contributed by atoms with van der Waals surface area (Å²) in [6.45, 7) is 1.07. The summed E-state index contributed by atoms with van der Waals surface area (Å²) in [4.78, 5) is 16.3. The predicted molar refractivity (Wildman–Crippen MR) is 85.4 cm³/mol. The summed E-state index contributed by atoms with van der Waals surface area (Å²) in [6.07, 6.45) is 2.19. The summed E-state index contributed by atoms with van der Waals surface area (Å²) in [5.41, 5.74) is 5.41. The van der Waals surface area contributed by atoms with Gasteiger partial charge in [-0.2, -0.15) is 4.98 Å². The van der Waals surface area contributed by atoms with Crippen LogP contribution in [0, 0.1) is 5.82 Å². The van der Waals surface area contributed by atoms with Crippen LogP contribution in [0.5, 0.6) is 0 Å². The lowest BCUT2D eigenvalue weighted by atomic mass is 10.2. The van der Waals surface area contributed by atoms with Crippen molar-refractivity contribution in [3.8, 4) is 11.4 Å². The van der Waals surface area contributed by atoms with Gasteiger partial charge in [0.2, 0.25) is 17.6 Å². The van der Waals surface area contributed by atoms with Gasteiger partial charge in [0.25, 0.3) is 0 Å². The molecule has 0 aliphatic carbocycles. The number of primary amides is 1. The van der Waals surface area contributed by atoms with Gasteiger partial charge >= 0.3 is 0 Å². The number of carbonyl (C=O) groups is 1. The molecule has 1 aromatic carbocycles. The lowest BCUT2D eigenvalue weighted by Gasteiger charge is -2.14. The van der Waals surface area contributed by atoms with Crippen molar-refractivity contribution in [3.63, 3.8) is 0 Å². The van der Waals surface area contributed by atoms with Gasteiger partial charge in [-0.15, -0.1) is 0 Å². The second kappa shape index (κ2) is 8.51. The molecule has 0 radical (unpaired) electrons. The van der Waals surface area contributed by atoms with Crippen molar-refractivity contribution < 1.29 is 18.4 Å². The number of nitrogens with zero attached hydrogens (tertiary/aromatic N) is 3. The van der Waals surface area contributed by atoms with E-state index in [-0.39, 0.29) is 18.5 Å². The maximum atomic E-state index is 12.8. The first-order valence-corrected chi connectivity index (χ1v) is 7.58. The first-order valence-electron chi connectivity index (χ1n) is 7.58. The van der Waals surface area contributed by atoms with Crippen LogP contribution in [-0.4, -0.2) is 48.3 Å². The Kier molecular flexibility index (Phi) is 6.39. The SMILES string of the molecule is CN1CCC[C@H]1c1nc(-c2ccc(F)cc2)no1.COCC(N)=O. The molecule has 1 aliphatic rings. The summed E-state index contributed by atoms with van der Waals surface area (Å²) in [7, 11) is 3.48. The van der Waals surface area contributed by atoms with E-state index in [0.717, 1.165) is 24.9 Å². The smallest absolute Gasteiger partial charge is 0.244 e. The molecular weight excluding hydrogens is 315 g/mol. The number of carbonyl (C=O) groups excluding carboxylic acids is 1. The van der Waals surface area contributed by atoms with Crippen LogP contribution in [0.25, 0.3) is 11.4 Å². The van der Waals surface area contributed by atoms with E-state index < -0.39 is 5.91 Å². The number of hydrogen-bond donors (Lipinski definition) is 1. The Morgan fingerprint density at radius 1 is 1.46 bits per heavy atom. The molecule has 130 valence electrons. The van der Waals surface area contributed by atoms with Gasteiger partial charge in [-0.1, -0.05) is 5.16 Å². The van der Waals surface area contributed by atoms with Crippen LogP contribution >= 0.6 is 0 Å². The van der Waals surface area contributed by atoms with Gasteiger partial charge in [0.1, 0.15) is 12.4 Å². The molecule has 8 heteroatoms. The first kappa shape index (κ1) is 18.0. The van der Waals surface area contributed by atoms with Crippen LogP contribution in [0.4, 0.5) is 4.39 Å². The number of methoxy groups -OCH3 is 1. The highest BCUT2D eigenvalue weighted by Gasteiger charge is 2.27. The average molecular weight is 336 g/mol. The lowest BCUT2D eigenvalue weighted by Crippen LogP contribution is -2.17. The molecular formula is C16H21FN4O3. The number of hydrogen-bond acceptors (Lipinski definition) is 6. The van der Waals surface area contributed by atoms with E-state index >= 15 is 0 Å².